The van der Waals surface area contributed by atoms with E-state index < -0.39 is 0 Å². The maximum atomic E-state index is 5.82. The topological polar surface area (TPSA) is 61.7 Å². The summed E-state index contributed by atoms with van der Waals surface area (Å²) in [7, 11) is 1.94. The van der Waals surface area contributed by atoms with Gasteiger partial charge in [-0.2, -0.15) is 5.10 Å². The Kier molecular flexibility index (Phi) is 2.82. The van der Waals surface area contributed by atoms with E-state index in [-0.39, 0.29) is 0 Å². The molecule has 0 radical (unpaired) electrons. The third-order valence-electron chi connectivity index (χ3n) is 3.46. The van der Waals surface area contributed by atoms with Gasteiger partial charge in [0, 0.05) is 18.2 Å². The molecular formula is C15H17N5. The second-order valence-electron chi connectivity index (χ2n) is 4.98. The highest BCUT2D eigenvalue weighted by atomic mass is 15.3. The quantitative estimate of drug-likeness (QED) is 0.725. The first-order chi connectivity index (χ1) is 9.56. The lowest BCUT2D eigenvalue weighted by molar-refractivity contribution is 0.776. The number of nitrogens with two attached hydrogens (primary N) is 1. The van der Waals surface area contributed by atoms with Crippen LogP contribution in [-0.4, -0.2) is 19.4 Å². The van der Waals surface area contributed by atoms with Crippen LogP contribution in [0.1, 0.15) is 11.4 Å². The van der Waals surface area contributed by atoms with Crippen LogP contribution in [0.2, 0.25) is 0 Å². The lowest BCUT2D eigenvalue weighted by Crippen LogP contribution is -2.07. The summed E-state index contributed by atoms with van der Waals surface area (Å²) in [4.78, 5) is 4.48. The molecule has 102 valence electrons. The normalized spacial score (nSPS) is 10.9. The Morgan fingerprint density at radius 2 is 1.80 bits per heavy atom. The molecule has 2 aromatic heterocycles. The van der Waals surface area contributed by atoms with E-state index in [0.29, 0.717) is 0 Å². The van der Waals surface area contributed by atoms with Gasteiger partial charge in [-0.25, -0.2) is 4.98 Å². The molecule has 2 heterocycles. The molecular weight excluding hydrogens is 250 g/mol. The van der Waals surface area contributed by atoms with Crippen LogP contribution < -0.4 is 5.84 Å². The number of hydrogen-bond donors (Lipinski definition) is 1. The van der Waals surface area contributed by atoms with Crippen molar-refractivity contribution in [2.24, 2.45) is 7.05 Å². The molecule has 0 aliphatic carbocycles. The Morgan fingerprint density at radius 3 is 2.40 bits per heavy atom. The van der Waals surface area contributed by atoms with Crippen LogP contribution in [0, 0.1) is 13.8 Å². The first-order valence-electron chi connectivity index (χ1n) is 6.46. The number of aromatic nitrogens is 4. The summed E-state index contributed by atoms with van der Waals surface area (Å²) in [6, 6.07) is 8.39. The molecule has 1 aromatic carbocycles. The molecule has 0 amide bonds. The van der Waals surface area contributed by atoms with Gasteiger partial charge in [0.05, 0.1) is 23.8 Å². The first kappa shape index (κ1) is 12.5. The second kappa shape index (κ2) is 4.52. The van der Waals surface area contributed by atoms with Crippen molar-refractivity contribution in [2.45, 2.75) is 13.8 Å². The smallest absolute Gasteiger partial charge is 0.124 e. The number of nitrogens with zero attached hydrogens (tertiary/aromatic N) is 4. The van der Waals surface area contributed by atoms with E-state index in [1.807, 2.05) is 31.0 Å². The second-order valence-corrected chi connectivity index (χ2v) is 4.98. The van der Waals surface area contributed by atoms with Crippen molar-refractivity contribution in [1.29, 1.82) is 0 Å². The highest BCUT2D eigenvalue weighted by Gasteiger charge is 2.15. The van der Waals surface area contributed by atoms with Gasteiger partial charge in [-0.3, -0.25) is 9.36 Å². The molecule has 20 heavy (non-hydrogen) atoms. The van der Waals surface area contributed by atoms with E-state index in [2.05, 4.69) is 41.3 Å². The van der Waals surface area contributed by atoms with Crippen LogP contribution in [0.25, 0.3) is 22.5 Å². The molecule has 5 nitrogen and oxygen atoms in total. The van der Waals surface area contributed by atoms with Crippen molar-refractivity contribution in [1.82, 2.24) is 19.4 Å². The van der Waals surface area contributed by atoms with E-state index in [1.165, 1.54) is 10.2 Å². The predicted molar refractivity (Wildman–Crippen MR) is 79.5 cm³/mol. The Balaban J connectivity index is 2.16. The molecule has 0 unspecified atom stereocenters. The Bertz CT molecular complexity index is 730. The lowest BCUT2D eigenvalue weighted by Gasteiger charge is -2.05. The van der Waals surface area contributed by atoms with Crippen molar-refractivity contribution in [2.75, 3.05) is 5.84 Å². The lowest BCUT2D eigenvalue weighted by atomic mass is 10.0. The molecule has 0 aliphatic heterocycles. The van der Waals surface area contributed by atoms with Crippen LogP contribution in [0.15, 0.2) is 36.7 Å². The molecule has 5 heteroatoms. The minimum atomic E-state index is 0.777. The predicted octanol–water partition coefficient (Wildman–Crippen LogP) is 2.28. The van der Waals surface area contributed by atoms with Gasteiger partial charge >= 0.3 is 0 Å². The number of aryl methyl sites for hydroxylation is 3. The summed E-state index contributed by atoms with van der Waals surface area (Å²) in [5, 5.41) is 4.36. The largest absolute Gasteiger partial charge is 0.338 e. The Morgan fingerprint density at radius 1 is 1.10 bits per heavy atom. The molecule has 3 rings (SSSR count). The molecule has 0 saturated carbocycles. The van der Waals surface area contributed by atoms with E-state index in [9.17, 15) is 0 Å². The molecule has 0 atom stereocenters. The average Bonchev–Trinajstić information content (AvgIpc) is 2.95. The Hall–Kier alpha value is -2.56. The van der Waals surface area contributed by atoms with Gasteiger partial charge in [0.25, 0.3) is 0 Å². The van der Waals surface area contributed by atoms with Gasteiger partial charge in [0.2, 0.25) is 0 Å². The Labute approximate surface area is 117 Å². The van der Waals surface area contributed by atoms with Gasteiger partial charge in [-0.15, -0.1) is 0 Å². The fraction of sp³-hybridized carbons (Fsp3) is 0.200. The summed E-state index contributed by atoms with van der Waals surface area (Å²) in [6.07, 6.45) is 3.65. The van der Waals surface area contributed by atoms with E-state index in [1.54, 1.807) is 0 Å². The molecule has 0 bridgehead atoms. The van der Waals surface area contributed by atoms with Gasteiger partial charge in [-0.05, 0) is 13.8 Å². The van der Waals surface area contributed by atoms with Gasteiger partial charge < -0.3 is 5.84 Å². The molecule has 0 saturated heterocycles. The molecule has 3 aromatic rings. The van der Waals surface area contributed by atoms with E-state index in [0.717, 1.165) is 28.3 Å². The number of hydrogen-bond acceptors (Lipinski definition) is 3. The van der Waals surface area contributed by atoms with E-state index >= 15 is 0 Å². The van der Waals surface area contributed by atoms with Crippen molar-refractivity contribution in [3.63, 3.8) is 0 Å². The third kappa shape index (κ3) is 1.97. The van der Waals surface area contributed by atoms with Gasteiger partial charge in [0.1, 0.15) is 5.82 Å². The van der Waals surface area contributed by atoms with Crippen molar-refractivity contribution < 1.29 is 0 Å². The maximum Gasteiger partial charge on any atom is 0.124 e. The fourth-order valence-electron chi connectivity index (χ4n) is 2.29. The first-order valence-corrected chi connectivity index (χ1v) is 6.46. The van der Waals surface area contributed by atoms with E-state index in [4.69, 9.17) is 5.84 Å². The van der Waals surface area contributed by atoms with Crippen LogP contribution in [0.3, 0.4) is 0 Å². The summed E-state index contributed by atoms with van der Waals surface area (Å²) in [5.74, 6) is 6.60. The van der Waals surface area contributed by atoms with Crippen LogP contribution in [0.5, 0.6) is 0 Å². The SMILES string of the molecule is Cc1ccc(-c2c(-c3cn(N)c(C)n3)cnn2C)cc1. The minimum Gasteiger partial charge on any atom is -0.338 e. The maximum absolute atomic E-state index is 5.82. The average molecular weight is 267 g/mol. The highest BCUT2D eigenvalue weighted by molar-refractivity contribution is 5.78. The monoisotopic (exact) mass is 267 g/mol. The van der Waals surface area contributed by atoms with Gasteiger partial charge in [0.15, 0.2) is 0 Å². The zero-order valence-electron chi connectivity index (χ0n) is 11.8. The number of imidazole rings is 1. The molecule has 2 N–H and O–H groups in total. The van der Waals surface area contributed by atoms with Crippen molar-refractivity contribution in [3.05, 3.63) is 48.0 Å². The zero-order valence-corrected chi connectivity index (χ0v) is 11.8. The molecule has 0 spiro atoms. The zero-order chi connectivity index (χ0) is 14.3. The van der Waals surface area contributed by atoms with Crippen molar-refractivity contribution in [3.8, 4) is 22.5 Å². The van der Waals surface area contributed by atoms with Crippen LogP contribution in [0.4, 0.5) is 0 Å². The summed E-state index contributed by atoms with van der Waals surface area (Å²) in [5.41, 5.74) is 5.23. The van der Waals surface area contributed by atoms with Crippen molar-refractivity contribution >= 4 is 0 Å². The fourth-order valence-corrected chi connectivity index (χ4v) is 2.29. The molecule has 0 aliphatic rings. The van der Waals surface area contributed by atoms with Gasteiger partial charge in [-0.1, -0.05) is 29.8 Å². The highest BCUT2D eigenvalue weighted by Crippen LogP contribution is 2.30. The van der Waals surface area contributed by atoms with Crippen LogP contribution in [-0.2, 0) is 7.05 Å². The summed E-state index contributed by atoms with van der Waals surface area (Å²) < 4.78 is 3.39. The summed E-state index contributed by atoms with van der Waals surface area (Å²) >= 11 is 0. The van der Waals surface area contributed by atoms with Crippen LogP contribution >= 0.6 is 0 Å². The number of benzene rings is 1. The number of nitrogen functional groups attached to an aromatic ring is 1. The standard InChI is InChI=1S/C15H17N5/c1-10-4-6-12(7-5-10)15-13(8-17-19(15)3)14-9-20(16)11(2)18-14/h4-9H,16H2,1-3H3. The minimum absolute atomic E-state index is 0.777. The number of rotatable bonds is 2. The third-order valence-corrected chi connectivity index (χ3v) is 3.46. The summed E-state index contributed by atoms with van der Waals surface area (Å²) in [6.45, 7) is 3.96. The molecule has 0 fully saturated rings.